The van der Waals surface area contributed by atoms with Crippen LogP contribution < -0.4 is 5.32 Å². The molecule has 1 N–H and O–H groups in total. The third-order valence-corrected chi connectivity index (χ3v) is 4.78. The van der Waals surface area contributed by atoms with Crippen molar-refractivity contribution < 1.29 is 14.4 Å². The van der Waals surface area contributed by atoms with Gasteiger partial charge in [-0.15, -0.1) is 0 Å². The molecule has 1 heterocycles. The minimum Gasteiger partial charge on any atom is -0.350 e. The Kier molecular flexibility index (Phi) is 5.13. The van der Waals surface area contributed by atoms with Gasteiger partial charge in [0.15, 0.2) is 11.7 Å². The lowest BCUT2D eigenvalue weighted by Crippen LogP contribution is -2.38. The number of nitrogens with zero attached hydrogens (tertiary/aromatic N) is 2. The van der Waals surface area contributed by atoms with Crippen molar-refractivity contribution in [3.05, 3.63) is 35.9 Å². The predicted octanol–water partition coefficient (Wildman–Crippen LogP) is 1.27. The molecule has 1 aliphatic carbocycles. The van der Waals surface area contributed by atoms with Gasteiger partial charge < -0.3 is 10.2 Å². The van der Waals surface area contributed by atoms with Gasteiger partial charge in [-0.05, 0) is 24.3 Å². The zero-order chi connectivity index (χ0) is 17.8. The molecule has 1 saturated heterocycles. The molecular formula is C19H21N3O3. The van der Waals surface area contributed by atoms with E-state index in [9.17, 15) is 19.6 Å². The summed E-state index contributed by atoms with van der Waals surface area (Å²) in [5.41, 5.74) is 0.895. The molecule has 2 aliphatic rings. The largest absolute Gasteiger partial charge is 0.350 e. The molecule has 0 spiro atoms. The summed E-state index contributed by atoms with van der Waals surface area (Å²) >= 11 is 0. The van der Waals surface area contributed by atoms with Crippen LogP contribution in [0.1, 0.15) is 24.8 Å². The van der Waals surface area contributed by atoms with Crippen LogP contribution in [0.25, 0.3) is 0 Å². The molecule has 1 aromatic carbocycles. The van der Waals surface area contributed by atoms with Crippen LogP contribution in [0.2, 0.25) is 0 Å². The standard InChI is InChI=1S/C19H21N3O3/c20-9-16(19(25)21-10-13-4-2-1-3-5-13)18(24)15-8-17(23)22(12-15)11-14-6-7-14/h1-5,14-16H,6-8,10-12H2,(H,21,25)/t15-,16+/m1/s1. The smallest absolute Gasteiger partial charge is 0.245 e. The molecule has 1 saturated carbocycles. The Morgan fingerprint density at radius 3 is 2.64 bits per heavy atom. The van der Waals surface area contributed by atoms with Gasteiger partial charge in [-0.3, -0.25) is 14.4 Å². The van der Waals surface area contributed by atoms with Gasteiger partial charge in [0.1, 0.15) is 0 Å². The van der Waals surface area contributed by atoms with Gasteiger partial charge in [0.05, 0.1) is 6.07 Å². The highest BCUT2D eigenvalue weighted by Crippen LogP contribution is 2.32. The van der Waals surface area contributed by atoms with Crippen LogP contribution in [0.15, 0.2) is 30.3 Å². The fourth-order valence-electron chi connectivity index (χ4n) is 3.13. The van der Waals surface area contributed by atoms with Crippen molar-refractivity contribution in [3.8, 4) is 6.07 Å². The molecule has 130 valence electrons. The fourth-order valence-corrected chi connectivity index (χ4v) is 3.13. The zero-order valence-corrected chi connectivity index (χ0v) is 14.0. The summed E-state index contributed by atoms with van der Waals surface area (Å²) in [5.74, 6) is -2.45. The van der Waals surface area contributed by atoms with Crippen LogP contribution in [-0.2, 0) is 20.9 Å². The molecule has 0 aromatic heterocycles. The van der Waals surface area contributed by atoms with Gasteiger partial charge in [0.2, 0.25) is 11.8 Å². The number of carbonyl (C=O) groups is 3. The van der Waals surface area contributed by atoms with E-state index in [-0.39, 0.29) is 18.9 Å². The van der Waals surface area contributed by atoms with E-state index < -0.39 is 23.5 Å². The fraction of sp³-hybridized carbons (Fsp3) is 0.474. The summed E-state index contributed by atoms with van der Waals surface area (Å²) in [7, 11) is 0. The predicted molar refractivity (Wildman–Crippen MR) is 89.8 cm³/mol. The Morgan fingerprint density at radius 2 is 2.00 bits per heavy atom. The average Bonchev–Trinajstić information content (AvgIpc) is 3.36. The molecular weight excluding hydrogens is 318 g/mol. The number of likely N-dealkylation sites (tertiary alicyclic amines) is 1. The maximum atomic E-state index is 12.6. The lowest BCUT2D eigenvalue weighted by atomic mass is 9.92. The van der Waals surface area contributed by atoms with Crippen LogP contribution in [0, 0.1) is 29.1 Å². The molecule has 1 aromatic rings. The molecule has 6 heteroatoms. The quantitative estimate of drug-likeness (QED) is 0.758. The molecule has 2 amide bonds. The molecule has 25 heavy (non-hydrogen) atoms. The Balaban J connectivity index is 1.56. The summed E-state index contributed by atoms with van der Waals surface area (Å²) in [6.45, 7) is 1.29. The summed E-state index contributed by atoms with van der Waals surface area (Å²) in [5, 5.41) is 11.9. The van der Waals surface area contributed by atoms with Crippen LogP contribution in [0.5, 0.6) is 0 Å². The third kappa shape index (κ3) is 4.24. The normalized spacial score (nSPS) is 20.8. The number of ketones is 1. The molecule has 2 atom stereocenters. The van der Waals surface area contributed by atoms with Crippen molar-refractivity contribution in [1.29, 1.82) is 5.26 Å². The molecule has 3 rings (SSSR count). The molecule has 0 radical (unpaired) electrons. The number of nitriles is 1. The third-order valence-electron chi connectivity index (χ3n) is 4.78. The Morgan fingerprint density at radius 1 is 1.28 bits per heavy atom. The van der Waals surface area contributed by atoms with Gasteiger partial charge in [0, 0.05) is 32.0 Å². The first-order valence-corrected chi connectivity index (χ1v) is 8.61. The number of rotatable bonds is 7. The number of hydrogen-bond donors (Lipinski definition) is 1. The van der Waals surface area contributed by atoms with Crippen molar-refractivity contribution in [3.63, 3.8) is 0 Å². The van der Waals surface area contributed by atoms with E-state index in [0.717, 1.165) is 18.4 Å². The van der Waals surface area contributed by atoms with E-state index in [1.807, 2.05) is 30.3 Å². The average molecular weight is 339 g/mol. The van der Waals surface area contributed by atoms with Gasteiger partial charge in [-0.25, -0.2) is 0 Å². The maximum Gasteiger partial charge on any atom is 0.245 e. The summed E-state index contributed by atoms with van der Waals surface area (Å²) < 4.78 is 0. The van der Waals surface area contributed by atoms with Crippen LogP contribution in [0.4, 0.5) is 0 Å². The number of Topliss-reactive ketones (excluding diaryl/α,β-unsaturated/α-hetero) is 1. The summed E-state index contributed by atoms with van der Waals surface area (Å²) in [6, 6.07) is 11.1. The van der Waals surface area contributed by atoms with Crippen molar-refractivity contribution in [2.24, 2.45) is 17.8 Å². The van der Waals surface area contributed by atoms with Crippen molar-refractivity contribution in [2.45, 2.75) is 25.8 Å². The number of amides is 2. The minimum absolute atomic E-state index is 0.0494. The number of nitrogens with one attached hydrogen (secondary N) is 1. The Labute approximate surface area is 146 Å². The number of benzene rings is 1. The Hall–Kier alpha value is -2.68. The molecule has 0 bridgehead atoms. The topological polar surface area (TPSA) is 90.3 Å². The second kappa shape index (κ2) is 7.47. The van der Waals surface area contributed by atoms with Crippen molar-refractivity contribution in [1.82, 2.24) is 10.2 Å². The lowest BCUT2D eigenvalue weighted by Gasteiger charge is -2.16. The number of carbonyl (C=O) groups excluding carboxylic acids is 3. The lowest BCUT2D eigenvalue weighted by molar-refractivity contribution is -0.134. The maximum absolute atomic E-state index is 12.6. The van der Waals surface area contributed by atoms with Gasteiger partial charge in [0.25, 0.3) is 0 Å². The number of hydrogen-bond acceptors (Lipinski definition) is 4. The first-order valence-electron chi connectivity index (χ1n) is 8.61. The second-order valence-corrected chi connectivity index (χ2v) is 6.81. The highest BCUT2D eigenvalue weighted by molar-refractivity contribution is 6.06. The first-order chi connectivity index (χ1) is 12.1. The van der Waals surface area contributed by atoms with E-state index in [0.29, 0.717) is 19.0 Å². The van der Waals surface area contributed by atoms with Gasteiger partial charge in [-0.2, -0.15) is 5.26 Å². The van der Waals surface area contributed by atoms with Gasteiger partial charge >= 0.3 is 0 Å². The first kappa shape index (κ1) is 17.2. The summed E-state index contributed by atoms with van der Waals surface area (Å²) in [6.07, 6.45) is 2.37. The van der Waals surface area contributed by atoms with E-state index in [4.69, 9.17) is 0 Å². The van der Waals surface area contributed by atoms with Crippen molar-refractivity contribution >= 4 is 17.6 Å². The van der Waals surface area contributed by atoms with Crippen LogP contribution >= 0.6 is 0 Å². The van der Waals surface area contributed by atoms with E-state index in [2.05, 4.69) is 5.32 Å². The van der Waals surface area contributed by atoms with E-state index >= 15 is 0 Å². The van der Waals surface area contributed by atoms with Crippen LogP contribution in [0.3, 0.4) is 0 Å². The Bertz CT molecular complexity index is 706. The van der Waals surface area contributed by atoms with Crippen molar-refractivity contribution in [2.75, 3.05) is 13.1 Å². The monoisotopic (exact) mass is 339 g/mol. The highest BCUT2D eigenvalue weighted by atomic mass is 16.2. The SMILES string of the molecule is N#C[C@H](C(=O)NCc1ccccc1)C(=O)[C@@H]1CC(=O)N(CC2CC2)C1. The molecule has 2 fully saturated rings. The zero-order valence-electron chi connectivity index (χ0n) is 14.0. The highest BCUT2D eigenvalue weighted by Gasteiger charge is 2.41. The van der Waals surface area contributed by atoms with E-state index in [1.54, 1.807) is 11.0 Å². The van der Waals surface area contributed by atoms with Gasteiger partial charge in [-0.1, -0.05) is 30.3 Å². The van der Waals surface area contributed by atoms with E-state index in [1.165, 1.54) is 0 Å². The second-order valence-electron chi connectivity index (χ2n) is 6.81. The van der Waals surface area contributed by atoms with Crippen LogP contribution in [-0.4, -0.2) is 35.6 Å². The molecule has 0 unspecified atom stereocenters. The minimum atomic E-state index is -1.36. The molecule has 6 nitrogen and oxygen atoms in total. The summed E-state index contributed by atoms with van der Waals surface area (Å²) in [4.78, 5) is 38.5. The molecule has 1 aliphatic heterocycles.